The number of methoxy groups -OCH3 is 1. The van der Waals surface area contributed by atoms with Gasteiger partial charge in [0, 0.05) is 25.2 Å². The molecule has 1 unspecified atom stereocenters. The normalized spacial score (nSPS) is 17.3. The standard InChI is InChI=1S/C24H28N2O4/c1-16(2)29-9-6-10-30-23-13-21-20(12-22(23)28-3)24(27)26-15-18-8-5-4-7-17(18)11-19(26)14-25-21/h4-5,7-8,12-14,16,19H,6,9-11,15H2,1-3H3. The summed E-state index contributed by atoms with van der Waals surface area (Å²) < 4.78 is 17.0. The second kappa shape index (κ2) is 8.88. The van der Waals surface area contributed by atoms with Gasteiger partial charge in [-0.1, -0.05) is 24.3 Å². The van der Waals surface area contributed by atoms with E-state index in [1.54, 1.807) is 19.2 Å². The minimum Gasteiger partial charge on any atom is -0.493 e. The Labute approximate surface area is 177 Å². The van der Waals surface area contributed by atoms with Gasteiger partial charge in [-0.3, -0.25) is 9.79 Å². The Morgan fingerprint density at radius 2 is 1.93 bits per heavy atom. The first-order chi connectivity index (χ1) is 14.6. The summed E-state index contributed by atoms with van der Waals surface area (Å²) >= 11 is 0. The molecule has 0 fully saturated rings. The molecule has 0 aromatic heterocycles. The van der Waals surface area contributed by atoms with Gasteiger partial charge >= 0.3 is 0 Å². The Bertz CT molecular complexity index is 954. The molecule has 2 aromatic carbocycles. The third kappa shape index (κ3) is 4.19. The van der Waals surface area contributed by atoms with Gasteiger partial charge in [-0.25, -0.2) is 0 Å². The molecule has 1 atom stereocenters. The fourth-order valence-corrected chi connectivity index (χ4v) is 3.88. The van der Waals surface area contributed by atoms with Crippen molar-refractivity contribution in [3.8, 4) is 11.5 Å². The van der Waals surface area contributed by atoms with Crippen LogP contribution in [0.3, 0.4) is 0 Å². The highest BCUT2D eigenvalue weighted by atomic mass is 16.5. The minimum atomic E-state index is -0.0525. The van der Waals surface area contributed by atoms with Crippen LogP contribution in [0.2, 0.25) is 0 Å². The Hall–Kier alpha value is -2.86. The minimum absolute atomic E-state index is 0.0304. The van der Waals surface area contributed by atoms with E-state index in [9.17, 15) is 4.79 Å². The summed E-state index contributed by atoms with van der Waals surface area (Å²) in [5, 5.41) is 0. The van der Waals surface area contributed by atoms with Crippen molar-refractivity contribution in [1.29, 1.82) is 0 Å². The molecular weight excluding hydrogens is 380 g/mol. The average molecular weight is 408 g/mol. The molecule has 2 aromatic rings. The van der Waals surface area contributed by atoms with Crippen LogP contribution in [0.5, 0.6) is 11.5 Å². The summed E-state index contributed by atoms with van der Waals surface area (Å²) in [5.41, 5.74) is 3.62. The average Bonchev–Trinajstić information content (AvgIpc) is 2.87. The van der Waals surface area contributed by atoms with Gasteiger partial charge in [0.2, 0.25) is 0 Å². The molecule has 0 saturated carbocycles. The number of ether oxygens (including phenoxy) is 3. The molecule has 0 spiro atoms. The summed E-state index contributed by atoms with van der Waals surface area (Å²) in [5.74, 6) is 1.10. The van der Waals surface area contributed by atoms with Crippen LogP contribution in [-0.2, 0) is 17.7 Å². The second-order valence-electron chi connectivity index (χ2n) is 7.89. The van der Waals surface area contributed by atoms with E-state index in [1.807, 2.05) is 37.1 Å². The van der Waals surface area contributed by atoms with Crippen LogP contribution in [0.1, 0.15) is 41.8 Å². The topological polar surface area (TPSA) is 60.4 Å². The van der Waals surface area contributed by atoms with E-state index in [0.29, 0.717) is 42.5 Å². The largest absolute Gasteiger partial charge is 0.493 e. The van der Waals surface area contributed by atoms with Gasteiger partial charge in [-0.2, -0.15) is 0 Å². The van der Waals surface area contributed by atoms with E-state index in [0.717, 1.165) is 12.8 Å². The van der Waals surface area contributed by atoms with Crippen molar-refractivity contribution in [2.24, 2.45) is 4.99 Å². The molecule has 4 rings (SSSR count). The van der Waals surface area contributed by atoms with Gasteiger partial charge in [-0.15, -0.1) is 0 Å². The first-order valence-electron chi connectivity index (χ1n) is 10.4. The number of fused-ring (bicyclic) bond motifs is 3. The number of nitrogens with zero attached hydrogens (tertiary/aromatic N) is 2. The number of hydrogen-bond donors (Lipinski definition) is 0. The third-order valence-corrected chi connectivity index (χ3v) is 5.44. The fraction of sp³-hybridized carbons (Fsp3) is 0.417. The quantitative estimate of drug-likeness (QED) is 0.645. The molecule has 0 N–H and O–H groups in total. The van der Waals surface area contributed by atoms with Crippen LogP contribution in [0.4, 0.5) is 5.69 Å². The monoisotopic (exact) mass is 408 g/mol. The maximum Gasteiger partial charge on any atom is 0.257 e. The Balaban J connectivity index is 1.56. The number of carbonyl (C=O) groups excluding carboxylic acids is 1. The highest BCUT2D eigenvalue weighted by Crippen LogP contribution is 2.38. The van der Waals surface area contributed by atoms with Gasteiger partial charge in [0.15, 0.2) is 11.5 Å². The van der Waals surface area contributed by atoms with E-state index in [1.165, 1.54) is 11.1 Å². The number of carbonyl (C=O) groups is 1. The molecule has 2 aliphatic heterocycles. The molecule has 30 heavy (non-hydrogen) atoms. The lowest BCUT2D eigenvalue weighted by molar-refractivity contribution is 0.0692. The van der Waals surface area contributed by atoms with Gasteiger partial charge in [-0.05, 0) is 37.5 Å². The van der Waals surface area contributed by atoms with Crippen LogP contribution in [-0.4, -0.2) is 49.5 Å². The third-order valence-electron chi connectivity index (χ3n) is 5.44. The zero-order valence-corrected chi connectivity index (χ0v) is 17.8. The number of hydrogen-bond acceptors (Lipinski definition) is 5. The Morgan fingerprint density at radius 1 is 1.13 bits per heavy atom. The number of aliphatic imine (C=N–C) groups is 1. The van der Waals surface area contributed by atoms with Crippen LogP contribution >= 0.6 is 0 Å². The van der Waals surface area contributed by atoms with Crippen molar-refractivity contribution in [3.63, 3.8) is 0 Å². The highest BCUT2D eigenvalue weighted by molar-refractivity contribution is 6.03. The predicted octanol–water partition coefficient (Wildman–Crippen LogP) is 4.17. The molecule has 158 valence electrons. The maximum atomic E-state index is 13.4. The smallest absolute Gasteiger partial charge is 0.257 e. The second-order valence-corrected chi connectivity index (χ2v) is 7.89. The first-order valence-corrected chi connectivity index (χ1v) is 10.4. The van der Waals surface area contributed by atoms with Gasteiger partial charge in [0.1, 0.15) is 0 Å². The number of amides is 1. The van der Waals surface area contributed by atoms with Crippen LogP contribution < -0.4 is 9.47 Å². The van der Waals surface area contributed by atoms with Crippen molar-refractivity contribution in [1.82, 2.24) is 4.90 Å². The van der Waals surface area contributed by atoms with Crippen molar-refractivity contribution >= 4 is 17.8 Å². The lowest BCUT2D eigenvalue weighted by Gasteiger charge is -2.34. The first kappa shape index (κ1) is 20.4. The van der Waals surface area contributed by atoms with Crippen molar-refractivity contribution < 1.29 is 19.0 Å². The van der Waals surface area contributed by atoms with Gasteiger partial charge in [0.05, 0.1) is 43.7 Å². The van der Waals surface area contributed by atoms with E-state index < -0.39 is 0 Å². The maximum absolute atomic E-state index is 13.4. The summed E-state index contributed by atoms with van der Waals surface area (Å²) in [6, 6.07) is 11.8. The zero-order chi connectivity index (χ0) is 21.1. The Kier molecular flexibility index (Phi) is 6.04. The number of benzene rings is 2. The highest BCUT2D eigenvalue weighted by Gasteiger charge is 2.33. The van der Waals surface area contributed by atoms with Crippen molar-refractivity contribution in [2.45, 2.75) is 45.4 Å². The molecule has 1 amide bonds. The van der Waals surface area contributed by atoms with Crippen LogP contribution in [0.25, 0.3) is 0 Å². The summed E-state index contributed by atoms with van der Waals surface area (Å²) in [6.07, 6.45) is 3.63. The molecule has 6 heteroatoms. The summed E-state index contributed by atoms with van der Waals surface area (Å²) in [7, 11) is 1.58. The molecule has 6 nitrogen and oxygen atoms in total. The molecule has 2 heterocycles. The zero-order valence-electron chi connectivity index (χ0n) is 17.8. The molecule has 0 aliphatic carbocycles. The van der Waals surface area contributed by atoms with Crippen molar-refractivity contribution in [2.75, 3.05) is 20.3 Å². The molecule has 2 aliphatic rings. The van der Waals surface area contributed by atoms with Crippen LogP contribution in [0, 0.1) is 0 Å². The van der Waals surface area contributed by atoms with E-state index in [2.05, 4.69) is 17.1 Å². The van der Waals surface area contributed by atoms with Gasteiger partial charge < -0.3 is 19.1 Å². The van der Waals surface area contributed by atoms with Crippen LogP contribution in [0.15, 0.2) is 41.4 Å². The lowest BCUT2D eigenvalue weighted by atomic mass is 9.94. The lowest BCUT2D eigenvalue weighted by Crippen LogP contribution is -2.44. The van der Waals surface area contributed by atoms with Crippen molar-refractivity contribution in [3.05, 3.63) is 53.1 Å². The predicted molar refractivity (Wildman–Crippen MR) is 116 cm³/mol. The van der Waals surface area contributed by atoms with E-state index >= 15 is 0 Å². The SMILES string of the molecule is COc1cc2c(cc1OCCCOC(C)C)N=CC1Cc3ccccc3CN1C2=O. The molecule has 0 bridgehead atoms. The summed E-state index contributed by atoms with van der Waals surface area (Å²) in [4.78, 5) is 19.9. The fourth-order valence-electron chi connectivity index (χ4n) is 3.88. The number of rotatable bonds is 7. The van der Waals surface area contributed by atoms with E-state index in [4.69, 9.17) is 14.2 Å². The summed E-state index contributed by atoms with van der Waals surface area (Å²) in [6.45, 7) is 5.75. The molecule has 0 saturated heterocycles. The molecular formula is C24H28N2O4. The van der Waals surface area contributed by atoms with Gasteiger partial charge in [0.25, 0.3) is 5.91 Å². The molecule has 0 radical (unpaired) electrons. The Morgan fingerprint density at radius 3 is 2.70 bits per heavy atom. The van der Waals surface area contributed by atoms with E-state index in [-0.39, 0.29) is 18.1 Å².